The van der Waals surface area contributed by atoms with Crippen molar-refractivity contribution in [1.82, 2.24) is 9.97 Å². The summed E-state index contributed by atoms with van der Waals surface area (Å²) in [6.07, 6.45) is 2.45. The van der Waals surface area contributed by atoms with E-state index in [1.54, 1.807) is 6.20 Å². The monoisotopic (exact) mass is 253 g/mol. The van der Waals surface area contributed by atoms with Crippen molar-refractivity contribution in [2.75, 3.05) is 5.32 Å². The molecule has 0 aliphatic rings. The number of aryl methyl sites for hydroxylation is 1. The summed E-state index contributed by atoms with van der Waals surface area (Å²) in [6.45, 7) is 2.33. The first-order chi connectivity index (χ1) is 8.20. The van der Waals surface area contributed by atoms with Crippen LogP contribution in [0.3, 0.4) is 0 Å². The number of oxazole rings is 1. The van der Waals surface area contributed by atoms with Gasteiger partial charge in [-0.1, -0.05) is 6.92 Å². The summed E-state index contributed by atoms with van der Waals surface area (Å²) in [5.41, 5.74) is 1.51. The van der Waals surface area contributed by atoms with Gasteiger partial charge in [-0.25, -0.2) is 14.8 Å². The molecule has 2 aromatic heterocycles. The molecule has 0 spiro atoms. The smallest absolute Gasteiger partial charge is 0.357 e. The van der Waals surface area contributed by atoms with Crippen molar-refractivity contribution in [3.8, 4) is 0 Å². The molecule has 6 nitrogen and oxygen atoms in total. The van der Waals surface area contributed by atoms with Gasteiger partial charge in [0.2, 0.25) is 5.89 Å². The molecular formula is C10H11N3O3S. The summed E-state index contributed by atoms with van der Waals surface area (Å²) >= 11 is 1.24. The number of thiazole rings is 1. The van der Waals surface area contributed by atoms with E-state index in [2.05, 4.69) is 15.3 Å². The minimum Gasteiger partial charge on any atom is -0.476 e. The first-order valence-corrected chi connectivity index (χ1v) is 5.93. The van der Waals surface area contributed by atoms with Crippen LogP contribution >= 0.6 is 11.3 Å². The number of carboxylic acid groups (broad SMARTS) is 1. The quantitative estimate of drug-likeness (QED) is 0.847. The third kappa shape index (κ3) is 2.62. The Morgan fingerprint density at radius 1 is 1.59 bits per heavy atom. The molecule has 0 amide bonds. The molecule has 7 heteroatoms. The van der Waals surface area contributed by atoms with E-state index in [4.69, 9.17) is 9.52 Å². The Kier molecular flexibility index (Phi) is 3.38. The van der Waals surface area contributed by atoms with E-state index < -0.39 is 5.97 Å². The van der Waals surface area contributed by atoms with E-state index in [0.717, 1.165) is 12.2 Å². The topological polar surface area (TPSA) is 88.2 Å². The van der Waals surface area contributed by atoms with Gasteiger partial charge < -0.3 is 14.8 Å². The predicted octanol–water partition coefficient (Wildman–Crippen LogP) is 2.00. The molecule has 0 unspecified atom stereocenters. The van der Waals surface area contributed by atoms with Crippen LogP contribution in [-0.2, 0) is 13.0 Å². The second-order valence-corrected chi connectivity index (χ2v) is 4.12. The number of hydrogen-bond donors (Lipinski definition) is 2. The van der Waals surface area contributed by atoms with Crippen LogP contribution < -0.4 is 5.32 Å². The van der Waals surface area contributed by atoms with Crippen LogP contribution in [0.15, 0.2) is 16.1 Å². The summed E-state index contributed by atoms with van der Waals surface area (Å²) in [7, 11) is 0. The van der Waals surface area contributed by atoms with E-state index >= 15 is 0 Å². The van der Waals surface area contributed by atoms with Crippen molar-refractivity contribution in [1.29, 1.82) is 0 Å². The summed E-state index contributed by atoms with van der Waals surface area (Å²) in [6, 6.07) is 0. The summed E-state index contributed by atoms with van der Waals surface area (Å²) in [5, 5.41) is 12.3. The lowest BCUT2D eigenvalue weighted by atomic mass is 10.4. The van der Waals surface area contributed by atoms with Crippen LogP contribution in [0.5, 0.6) is 0 Å². The summed E-state index contributed by atoms with van der Waals surface area (Å²) < 4.78 is 5.39. The third-order valence-corrected chi connectivity index (χ3v) is 2.90. The highest BCUT2D eigenvalue weighted by Gasteiger charge is 2.13. The van der Waals surface area contributed by atoms with Crippen molar-refractivity contribution in [3.05, 3.63) is 29.1 Å². The number of nitrogens with one attached hydrogen (secondary N) is 1. The summed E-state index contributed by atoms with van der Waals surface area (Å²) in [5.74, 6) is 0.298. The largest absolute Gasteiger partial charge is 0.476 e. The van der Waals surface area contributed by atoms with Gasteiger partial charge in [0.25, 0.3) is 0 Å². The molecule has 2 aromatic rings. The highest BCUT2D eigenvalue weighted by atomic mass is 32.1. The maximum atomic E-state index is 10.8. The second-order valence-electron chi connectivity index (χ2n) is 3.26. The Labute approximate surface area is 101 Å². The molecule has 0 aromatic carbocycles. The average Bonchev–Trinajstić information content (AvgIpc) is 2.95. The number of aromatic nitrogens is 2. The van der Waals surface area contributed by atoms with Gasteiger partial charge in [0, 0.05) is 6.42 Å². The zero-order valence-corrected chi connectivity index (χ0v) is 9.95. The Hall–Kier alpha value is -1.89. The number of rotatable bonds is 5. The minimum atomic E-state index is -1.05. The van der Waals surface area contributed by atoms with Crippen LogP contribution in [0.4, 0.5) is 5.00 Å². The van der Waals surface area contributed by atoms with Crippen molar-refractivity contribution < 1.29 is 14.3 Å². The van der Waals surface area contributed by atoms with Gasteiger partial charge in [-0.2, -0.15) is 0 Å². The van der Waals surface area contributed by atoms with Crippen molar-refractivity contribution in [2.45, 2.75) is 19.9 Å². The van der Waals surface area contributed by atoms with Gasteiger partial charge in [-0.05, 0) is 0 Å². The number of hydrogen-bond acceptors (Lipinski definition) is 6. The standard InChI is InChI=1S/C10H11N3O3S/c1-2-6-3-11-7(16-6)4-12-9-8(10(14)15)13-5-17-9/h3,5,12H,2,4H2,1H3,(H,14,15). The molecule has 2 N–H and O–H groups in total. The molecule has 0 radical (unpaired) electrons. The molecule has 2 rings (SSSR count). The van der Waals surface area contributed by atoms with Gasteiger partial charge in [0.1, 0.15) is 10.8 Å². The highest BCUT2D eigenvalue weighted by molar-refractivity contribution is 7.14. The van der Waals surface area contributed by atoms with Gasteiger partial charge in [-0.15, -0.1) is 11.3 Å². The molecule has 0 saturated heterocycles. The van der Waals surface area contributed by atoms with E-state index in [-0.39, 0.29) is 5.69 Å². The van der Waals surface area contributed by atoms with Crippen LogP contribution in [0.1, 0.15) is 29.1 Å². The fraction of sp³-hybridized carbons (Fsp3) is 0.300. The molecule has 0 fully saturated rings. The molecule has 0 bridgehead atoms. The normalized spacial score (nSPS) is 10.4. The Balaban J connectivity index is 2.02. The molecular weight excluding hydrogens is 242 g/mol. The maximum Gasteiger partial charge on any atom is 0.357 e. The number of nitrogens with zero attached hydrogens (tertiary/aromatic N) is 2. The SMILES string of the molecule is CCc1cnc(CNc2scnc2C(=O)O)o1. The Morgan fingerprint density at radius 3 is 3.06 bits per heavy atom. The molecule has 17 heavy (non-hydrogen) atoms. The average molecular weight is 253 g/mol. The number of carboxylic acids is 1. The zero-order chi connectivity index (χ0) is 12.3. The van der Waals surface area contributed by atoms with Crippen LogP contribution in [-0.4, -0.2) is 21.0 Å². The van der Waals surface area contributed by atoms with Gasteiger partial charge in [-0.3, -0.25) is 0 Å². The van der Waals surface area contributed by atoms with Crippen molar-refractivity contribution >= 4 is 22.3 Å². The minimum absolute atomic E-state index is 0.0253. The first kappa shape index (κ1) is 11.6. The Morgan fingerprint density at radius 2 is 2.41 bits per heavy atom. The molecule has 0 atom stereocenters. The zero-order valence-electron chi connectivity index (χ0n) is 9.14. The van der Waals surface area contributed by atoms with E-state index in [1.807, 2.05) is 6.92 Å². The lowest BCUT2D eigenvalue weighted by Crippen LogP contribution is -2.04. The summed E-state index contributed by atoms with van der Waals surface area (Å²) in [4.78, 5) is 18.6. The van der Waals surface area contributed by atoms with Crippen molar-refractivity contribution in [2.24, 2.45) is 0 Å². The highest BCUT2D eigenvalue weighted by Crippen LogP contribution is 2.20. The molecule has 0 aliphatic carbocycles. The second kappa shape index (κ2) is 4.96. The van der Waals surface area contributed by atoms with Crippen molar-refractivity contribution in [3.63, 3.8) is 0 Å². The van der Waals surface area contributed by atoms with Gasteiger partial charge >= 0.3 is 5.97 Å². The fourth-order valence-electron chi connectivity index (χ4n) is 1.27. The molecule has 2 heterocycles. The number of anilines is 1. The van der Waals surface area contributed by atoms with Crippen LogP contribution in [0, 0.1) is 0 Å². The van der Waals surface area contributed by atoms with Gasteiger partial charge in [0.05, 0.1) is 18.3 Å². The van der Waals surface area contributed by atoms with E-state index in [0.29, 0.717) is 17.4 Å². The maximum absolute atomic E-state index is 10.8. The molecule has 90 valence electrons. The lowest BCUT2D eigenvalue weighted by molar-refractivity contribution is 0.0692. The van der Waals surface area contributed by atoms with E-state index in [1.165, 1.54) is 16.8 Å². The Bertz CT molecular complexity index is 520. The number of aromatic carboxylic acids is 1. The number of carbonyl (C=O) groups is 1. The molecule has 0 aliphatic heterocycles. The van der Waals surface area contributed by atoms with E-state index in [9.17, 15) is 4.79 Å². The lowest BCUT2D eigenvalue weighted by Gasteiger charge is -2.00. The fourth-order valence-corrected chi connectivity index (χ4v) is 1.94. The third-order valence-electron chi connectivity index (χ3n) is 2.12. The van der Waals surface area contributed by atoms with Gasteiger partial charge in [0.15, 0.2) is 5.69 Å². The van der Waals surface area contributed by atoms with Crippen LogP contribution in [0.2, 0.25) is 0 Å². The first-order valence-electron chi connectivity index (χ1n) is 5.05. The molecule has 0 saturated carbocycles. The predicted molar refractivity (Wildman–Crippen MR) is 62.3 cm³/mol. The van der Waals surface area contributed by atoms with Crippen LogP contribution in [0.25, 0.3) is 0 Å².